The van der Waals surface area contributed by atoms with Crippen LogP contribution in [0.1, 0.15) is 83.8 Å². The topological polar surface area (TPSA) is 148 Å². The molecule has 13 heteroatoms. The quantitative estimate of drug-likeness (QED) is 0.149. The number of carbonyl (C=O) groups is 2. The predicted octanol–water partition coefficient (Wildman–Crippen LogP) is 6.14. The zero-order chi connectivity index (χ0) is 36.1. The zero-order valence-electron chi connectivity index (χ0n) is 30.1. The first kappa shape index (κ1) is 38.3. The molecule has 2 aromatic carbocycles. The molecule has 4 rings (SSSR count). The van der Waals surface area contributed by atoms with Gasteiger partial charge < -0.3 is 24.3 Å². The molecule has 1 amide bonds. The fourth-order valence-electron chi connectivity index (χ4n) is 5.45. The number of nitrogens with one attached hydrogen (secondary N) is 3. The standard InChI is InChI=1S/C36H51N4O8P/c1-23(2)47-34(43)24(3)39-49(44,46-19-16-40-14-17-45-18-15-40)48-31-21-30(27(35(4,5)6)20-28(31)36(7,8)9)38-33(42)26-22-37-29-13-11-10-12-25(29)32(26)41/h10-13,20-24H,14-19H2,1-9H3,(H,37,41)(H,38,42)(H,39,44)/t24-,49?/m0/s1. The molecule has 1 saturated heterocycles. The number of fused-ring (bicyclic) bond motifs is 1. The summed E-state index contributed by atoms with van der Waals surface area (Å²) in [7, 11) is -4.24. The van der Waals surface area contributed by atoms with Crippen molar-refractivity contribution in [3.8, 4) is 5.75 Å². The van der Waals surface area contributed by atoms with Crippen LogP contribution in [-0.2, 0) is 34.2 Å². The van der Waals surface area contributed by atoms with Crippen molar-refractivity contribution in [3.63, 3.8) is 0 Å². The Kier molecular flexibility index (Phi) is 12.2. The number of amides is 1. The summed E-state index contributed by atoms with van der Waals surface area (Å²) in [5.41, 5.74) is 1.05. The van der Waals surface area contributed by atoms with E-state index >= 15 is 0 Å². The largest absolute Gasteiger partial charge is 0.462 e. The Morgan fingerprint density at radius 3 is 2.29 bits per heavy atom. The molecule has 2 heterocycles. The molecule has 0 spiro atoms. The van der Waals surface area contributed by atoms with Gasteiger partial charge in [0, 0.05) is 54.1 Å². The van der Waals surface area contributed by atoms with Crippen molar-refractivity contribution >= 4 is 36.2 Å². The second kappa shape index (κ2) is 15.6. The average Bonchev–Trinajstić information content (AvgIpc) is 3.00. The number of anilines is 1. The summed E-state index contributed by atoms with van der Waals surface area (Å²) in [5, 5.41) is 6.10. The van der Waals surface area contributed by atoms with Crippen LogP contribution in [0, 0.1) is 0 Å². The van der Waals surface area contributed by atoms with Gasteiger partial charge in [-0.05, 0) is 55.4 Å². The Hall–Kier alpha value is -3.54. The Labute approximate surface area is 288 Å². The van der Waals surface area contributed by atoms with E-state index in [1.807, 2.05) is 47.6 Å². The fraction of sp³-hybridized carbons (Fsp3) is 0.528. The van der Waals surface area contributed by atoms with Crippen molar-refractivity contribution < 1.29 is 32.7 Å². The number of hydrogen-bond donors (Lipinski definition) is 3. The molecular weight excluding hydrogens is 647 g/mol. The molecule has 0 radical (unpaired) electrons. The van der Waals surface area contributed by atoms with Gasteiger partial charge in [-0.15, -0.1) is 0 Å². The van der Waals surface area contributed by atoms with E-state index < -0.39 is 41.9 Å². The minimum Gasteiger partial charge on any atom is -0.462 e. The van der Waals surface area contributed by atoms with Gasteiger partial charge in [-0.3, -0.25) is 23.8 Å². The smallest absolute Gasteiger partial charge is 0.459 e. The number of aromatic nitrogens is 1. The summed E-state index contributed by atoms with van der Waals surface area (Å²) in [6.07, 6.45) is 1.02. The summed E-state index contributed by atoms with van der Waals surface area (Å²) in [4.78, 5) is 45.0. The van der Waals surface area contributed by atoms with Crippen molar-refractivity contribution in [2.24, 2.45) is 0 Å². The minimum atomic E-state index is -4.24. The van der Waals surface area contributed by atoms with Crippen molar-refractivity contribution in [1.29, 1.82) is 0 Å². The number of esters is 1. The normalized spacial score (nSPS) is 16.3. The van der Waals surface area contributed by atoms with Crippen molar-refractivity contribution in [2.75, 3.05) is 44.8 Å². The highest BCUT2D eigenvalue weighted by Crippen LogP contribution is 2.50. The van der Waals surface area contributed by atoms with E-state index in [-0.39, 0.29) is 24.0 Å². The Bertz CT molecular complexity index is 1750. The monoisotopic (exact) mass is 698 g/mol. The van der Waals surface area contributed by atoms with E-state index in [1.54, 1.807) is 44.2 Å². The fourth-order valence-corrected chi connectivity index (χ4v) is 6.94. The van der Waals surface area contributed by atoms with Crippen LogP contribution >= 0.6 is 7.75 Å². The van der Waals surface area contributed by atoms with E-state index in [0.717, 1.165) is 5.56 Å². The molecule has 2 atom stereocenters. The molecule has 0 aliphatic carbocycles. The minimum absolute atomic E-state index is 0.0511. The number of rotatable bonds is 12. The third-order valence-corrected chi connectivity index (χ3v) is 9.73. The molecule has 1 aliphatic rings. The Morgan fingerprint density at radius 2 is 1.65 bits per heavy atom. The summed E-state index contributed by atoms with van der Waals surface area (Å²) in [6.45, 7) is 20.2. The van der Waals surface area contributed by atoms with Gasteiger partial charge in [0.15, 0.2) is 0 Å². The molecule has 49 heavy (non-hydrogen) atoms. The number of morpholine rings is 1. The third-order valence-electron chi connectivity index (χ3n) is 8.07. The number of aromatic amines is 1. The van der Waals surface area contributed by atoms with Crippen LogP contribution in [0.4, 0.5) is 5.69 Å². The van der Waals surface area contributed by atoms with Gasteiger partial charge >= 0.3 is 13.7 Å². The predicted molar refractivity (Wildman–Crippen MR) is 192 cm³/mol. The van der Waals surface area contributed by atoms with E-state index in [0.29, 0.717) is 55.0 Å². The lowest BCUT2D eigenvalue weighted by atomic mass is 9.79. The van der Waals surface area contributed by atoms with Gasteiger partial charge in [0.1, 0.15) is 17.4 Å². The molecule has 0 saturated carbocycles. The molecule has 1 aromatic heterocycles. The van der Waals surface area contributed by atoms with Gasteiger partial charge in [0.25, 0.3) is 5.91 Å². The molecule has 0 bridgehead atoms. The number of pyridine rings is 1. The van der Waals surface area contributed by atoms with E-state index in [2.05, 4.69) is 20.3 Å². The maximum Gasteiger partial charge on any atom is 0.459 e. The van der Waals surface area contributed by atoms with Crippen LogP contribution in [0.2, 0.25) is 0 Å². The highest BCUT2D eigenvalue weighted by molar-refractivity contribution is 7.52. The molecule has 1 aliphatic heterocycles. The number of para-hydroxylation sites is 1. The second-order valence-electron chi connectivity index (χ2n) is 14.6. The van der Waals surface area contributed by atoms with Crippen LogP contribution in [0.5, 0.6) is 5.75 Å². The van der Waals surface area contributed by atoms with Crippen LogP contribution in [-0.4, -0.2) is 73.4 Å². The molecule has 3 N–H and O–H groups in total. The molecule has 1 unspecified atom stereocenters. The lowest BCUT2D eigenvalue weighted by molar-refractivity contribution is -0.149. The van der Waals surface area contributed by atoms with E-state index in [4.69, 9.17) is 18.5 Å². The first-order valence-electron chi connectivity index (χ1n) is 16.7. The maximum atomic E-state index is 14.6. The first-order valence-corrected chi connectivity index (χ1v) is 18.3. The van der Waals surface area contributed by atoms with Crippen LogP contribution in [0.15, 0.2) is 47.4 Å². The summed E-state index contributed by atoms with van der Waals surface area (Å²) >= 11 is 0. The van der Waals surface area contributed by atoms with Crippen molar-refractivity contribution in [1.82, 2.24) is 15.0 Å². The van der Waals surface area contributed by atoms with Crippen molar-refractivity contribution in [2.45, 2.75) is 85.3 Å². The van der Waals surface area contributed by atoms with Gasteiger partial charge in [0.05, 0.1) is 25.9 Å². The average molecular weight is 699 g/mol. The van der Waals surface area contributed by atoms with Crippen LogP contribution < -0.4 is 20.4 Å². The molecule has 12 nitrogen and oxygen atoms in total. The Balaban J connectivity index is 1.75. The SMILES string of the molecule is CC(C)OC(=O)[C@H](C)NP(=O)(OCCN1CCOCC1)Oc1cc(NC(=O)c2c[nH]c3ccccc3c2=O)c(C(C)(C)C)cc1C(C)(C)C. The van der Waals surface area contributed by atoms with Gasteiger partial charge in [-0.25, -0.2) is 4.57 Å². The van der Waals surface area contributed by atoms with E-state index in [1.165, 1.54) is 13.1 Å². The zero-order valence-corrected chi connectivity index (χ0v) is 31.0. The van der Waals surface area contributed by atoms with Gasteiger partial charge in [0.2, 0.25) is 5.43 Å². The summed E-state index contributed by atoms with van der Waals surface area (Å²) < 4.78 is 37.6. The second-order valence-corrected chi connectivity index (χ2v) is 16.3. The first-order chi connectivity index (χ1) is 22.9. The van der Waals surface area contributed by atoms with Crippen molar-refractivity contribution in [3.05, 3.63) is 69.5 Å². The number of hydrogen-bond acceptors (Lipinski definition) is 9. The molecular formula is C36H51N4O8P. The van der Waals surface area contributed by atoms with Crippen LogP contribution in [0.3, 0.4) is 0 Å². The third kappa shape index (κ3) is 10.0. The van der Waals surface area contributed by atoms with E-state index in [9.17, 15) is 18.9 Å². The number of nitrogens with zero attached hydrogens (tertiary/aromatic N) is 1. The lowest BCUT2D eigenvalue weighted by Gasteiger charge is -2.32. The maximum absolute atomic E-state index is 14.6. The summed E-state index contributed by atoms with van der Waals surface area (Å²) in [6, 6.07) is 9.49. The highest BCUT2D eigenvalue weighted by Gasteiger charge is 2.36. The Morgan fingerprint density at radius 1 is 1.00 bits per heavy atom. The summed E-state index contributed by atoms with van der Waals surface area (Å²) in [5.74, 6) is -1.03. The molecule has 1 fully saturated rings. The number of carbonyl (C=O) groups excluding carboxylic acids is 2. The molecule has 3 aromatic rings. The van der Waals surface area contributed by atoms with Gasteiger partial charge in [-0.2, -0.15) is 5.09 Å². The van der Waals surface area contributed by atoms with Gasteiger partial charge in [-0.1, -0.05) is 53.7 Å². The number of H-pyrrole nitrogens is 1. The molecule has 268 valence electrons. The lowest BCUT2D eigenvalue weighted by Crippen LogP contribution is -2.39. The highest BCUT2D eigenvalue weighted by atomic mass is 31.2. The number of benzene rings is 2. The van der Waals surface area contributed by atoms with Crippen LogP contribution in [0.25, 0.3) is 10.9 Å². The number of ether oxygens (including phenoxy) is 2.